The number of nitrogens with one attached hydrogen (secondary N) is 1. The highest BCUT2D eigenvalue weighted by atomic mass is 35.5. The molecule has 0 unspecified atom stereocenters. The lowest BCUT2D eigenvalue weighted by Crippen LogP contribution is -2.54. The van der Waals surface area contributed by atoms with Crippen molar-refractivity contribution in [1.29, 1.82) is 5.26 Å². The summed E-state index contributed by atoms with van der Waals surface area (Å²) in [4.78, 5) is 39.3. The fourth-order valence-electron chi connectivity index (χ4n) is 3.89. The maximum absolute atomic E-state index is 13.3. The average molecular weight is 459 g/mol. The number of hydrogen-bond donors (Lipinski definition) is 1. The Kier molecular flexibility index (Phi) is 5.62. The van der Waals surface area contributed by atoms with Gasteiger partial charge in [-0.2, -0.15) is 5.26 Å². The monoisotopic (exact) mass is 458 g/mol. The number of imide groups is 2. The van der Waals surface area contributed by atoms with E-state index < -0.39 is 17.8 Å². The van der Waals surface area contributed by atoms with Crippen molar-refractivity contribution in [2.75, 3.05) is 4.90 Å². The van der Waals surface area contributed by atoms with Crippen molar-refractivity contribution in [2.24, 2.45) is 0 Å². The number of urea groups is 1. The largest absolute Gasteiger partial charge is 0.335 e. The molecule has 1 N–H and O–H groups in total. The van der Waals surface area contributed by atoms with Gasteiger partial charge in [-0.3, -0.25) is 14.9 Å². The molecule has 0 aliphatic carbocycles. The van der Waals surface area contributed by atoms with Crippen molar-refractivity contribution in [1.82, 2.24) is 9.88 Å². The van der Waals surface area contributed by atoms with E-state index in [1.807, 2.05) is 36.6 Å². The van der Waals surface area contributed by atoms with Crippen molar-refractivity contribution in [2.45, 2.75) is 20.8 Å². The molecule has 2 heterocycles. The Balaban J connectivity index is 1.77. The van der Waals surface area contributed by atoms with Crippen molar-refractivity contribution >= 4 is 41.2 Å². The van der Waals surface area contributed by atoms with E-state index in [2.05, 4.69) is 11.4 Å². The van der Waals surface area contributed by atoms with Crippen LogP contribution in [0.2, 0.25) is 5.02 Å². The van der Waals surface area contributed by atoms with Crippen LogP contribution in [0.25, 0.3) is 11.8 Å². The summed E-state index contributed by atoms with van der Waals surface area (Å²) in [6.45, 7) is 5.47. The van der Waals surface area contributed by atoms with E-state index in [9.17, 15) is 14.4 Å². The summed E-state index contributed by atoms with van der Waals surface area (Å²) in [6, 6.07) is 15.1. The van der Waals surface area contributed by atoms with Gasteiger partial charge in [-0.1, -0.05) is 17.7 Å². The van der Waals surface area contributed by atoms with Crippen LogP contribution in [-0.2, 0) is 9.59 Å². The van der Waals surface area contributed by atoms with E-state index in [-0.39, 0.29) is 5.57 Å². The lowest BCUT2D eigenvalue weighted by molar-refractivity contribution is -0.122. The summed E-state index contributed by atoms with van der Waals surface area (Å²) >= 11 is 6.17. The van der Waals surface area contributed by atoms with Gasteiger partial charge in [-0.15, -0.1) is 0 Å². The zero-order valence-corrected chi connectivity index (χ0v) is 18.9. The van der Waals surface area contributed by atoms with Gasteiger partial charge in [-0.25, -0.2) is 9.69 Å². The zero-order chi connectivity index (χ0) is 23.9. The van der Waals surface area contributed by atoms with E-state index in [0.717, 1.165) is 22.0 Å². The summed E-state index contributed by atoms with van der Waals surface area (Å²) in [6.07, 6.45) is 1.49. The first kappa shape index (κ1) is 22.1. The van der Waals surface area contributed by atoms with Crippen molar-refractivity contribution in [3.8, 4) is 11.8 Å². The summed E-state index contributed by atoms with van der Waals surface area (Å²) in [5, 5.41) is 11.7. The molecule has 1 aromatic heterocycles. The zero-order valence-electron chi connectivity index (χ0n) is 18.1. The van der Waals surface area contributed by atoms with Crippen molar-refractivity contribution in [3.05, 3.63) is 87.2 Å². The Hall–Kier alpha value is -4.15. The standard InChI is InChI=1S/C25H19ClN4O3/c1-14-11-18(16(3)29(14)19-9-7-17(13-27)8-10-19)12-20-23(31)28-25(33)30(24(20)32)22-6-4-5-21(26)15(22)2/h4-12H,1-3H3,(H,28,31,33)/b20-12+. The molecule has 33 heavy (non-hydrogen) atoms. The average Bonchev–Trinajstić information content (AvgIpc) is 3.06. The van der Waals surface area contributed by atoms with E-state index in [0.29, 0.717) is 27.4 Å². The second-order valence-corrected chi connectivity index (χ2v) is 8.07. The third kappa shape index (κ3) is 3.81. The highest BCUT2D eigenvalue weighted by molar-refractivity contribution is 6.40. The molecule has 0 atom stereocenters. The minimum absolute atomic E-state index is 0.158. The predicted octanol–water partition coefficient (Wildman–Crippen LogP) is 4.59. The second-order valence-electron chi connectivity index (χ2n) is 7.66. The maximum Gasteiger partial charge on any atom is 0.335 e. The summed E-state index contributed by atoms with van der Waals surface area (Å²) in [5.41, 5.74) is 4.44. The summed E-state index contributed by atoms with van der Waals surface area (Å²) < 4.78 is 1.96. The van der Waals surface area contributed by atoms with E-state index in [1.165, 1.54) is 6.08 Å². The van der Waals surface area contributed by atoms with E-state index in [1.54, 1.807) is 37.3 Å². The Morgan fingerprint density at radius 2 is 1.73 bits per heavy atom. The number of aromatic nitrogens is 1. The van der Waals surface area contributed by atoms with Crippen LogP contribution in [0.3, 0.4) is 0 Å². The fourth-order valence-corrected chi connectivity index (χ4v) is 4.06. The van der Waals surface area contributed by atoms with Crippen molar-refractivity contribution in [3.63, 3.8) is 0 Å². The number of halogens is 1. The molecule has 1 aliphatic rings. The molecular weight excluding hydrogens is 440 g/mol. The molecule has 2 aromatic carbocycles. The number of rotatable bonds is 3. The SMILES string of the molecule is Cc1c(Cl)cccc1N1C(=O)NC(=O)/C(=C\c2cc(C)n(-c3ccc(C#N)cc3)c2C)C1=O. The third-order valence-electron chi connectivity index (χ3n) is 5.61. The normalized spacial score (nSPS) is 15.1. The Labute approximate surface area is 195 Å². The number of nitriles is 1. The number of carbonyl (C=O) groups excluding carboxylic acids is 3. The molecule has 0 saturated carbocycles. The van der Waals surface area contributed by atoms with Gasteiger partial charge >= 0.3 is 6.03 Å². The van der Waals surface area contributed by atoms with Crippen LogP contribution < -0.4 is 10.2 Å². The quantitative estimate of drug-likeness (QED) is 0.458. The maximum atomic E-state index is 13.3. The topological polar surface area (TPSA) is 95.2 Å². The summed E-state index contributed by atoms with van der Waals surface area (Å²) in [7, 11) is 0. The Bertz CT molecular complexity index is 1390. The molecule has 0 radical (unpaired) electrons. The lowest BCUT2D eigenvalue weighted by atomic mass is 10.1. The molecule has 1 saturated heterocycles. The van der Waals surface area contributed by atoms with Crippen LogP contribution in [0.15, 0.2) is 54.1 Å². The molecule has 0 spiro atoms. The molecule has 3 aromatic rings. The highest BCUT2D eigenvalue weighted by Gasteiger charge is 2.37. The minimum Gasteiger partial charge on any atom is -0.318 e. The van der Waals surface area contributed by atoms with Gasteiger partial charge in [-0.05, 0) is 80.4 Å². The first-order valence-corrected chi connectivity index (χ1v) is 10.5. The molecule has 1 fully saturated rings. The molecule has 0 bridgehead atoms. The van der Waals surface area contributed by atoms with Gasteiger partial charge in [0.15, 0.2) is 0 Å². The van der Waals surface area contributed by atoms with Gasteiger partial charge in [0.2, 0.25) is 0 Å². The van der Waals surface area contributed by atoms with Crippen LogP contribution in [0.4, 0.5) is 10.5 Å². The van der Waals surface area contributed by atoms with E-state index >= 15 is 0 Å². The number of carbonyl (C=O) groups is 3. The van der Waals surface area contributed by atoms with Crippen molar-refractivity contribution < 1.29 is 14.4 Å². The summed E-state index contributed by atoms with van der Waals surface area (Å²) in [5.74, 6) is -1.48. The van der Waals surface area contributed by atoms with Gasteiger partial charge < -0.3 is 4.57 Å². The molecule has 1 aliphatic heterocycles. The van der Waals surface area contributed by atoms with Gasteiger partial charge in [0.1, 0.15) is 5.57 Å². The second kappa shape index (κ2) is 8.41. The van der Waals surface area contributed by atoms with Crippen LogP contribution in [-0.4, -0.2) is 22.4 Å². The molecule has 164 valence electrons. The number of barbiturate groups is 1. The fraction of sp³-hybridized carbons (Fsp3) is 0.120. The van der Waals surface area contributed by atoms with Gasteiger partial charge in [0.05, 0.1) is 17.3 Å². The number of benzene rings is 2. The van der Waals surface area contributed by atoms with Gasteiger partial charge in [0.25, 0.3) is 11.8 Å². The van der Waals surface area contributed by atoms with E-state index in [4.69, 9.17) is 16.9 Å². The molecule has 7 nitrogen and oxygen atoms in total. The Morgan fingerprint density at radius 3 is 2.39 bits per heavy atom. The first-order chi connectivity index (χ1) is 15.7. The molecular formula is C25H19ClN4O3. The van der Waals surface area contributed by atoms with Gasteiger partial charge in [0, 0.05) is 22.1 Å². The number of nitrogens with zero attached hydrogens (tertiary/aromatic N) is 3. The molecule has 8 heteroatoms. The third-order valence-corrected chi connectivity index (χ3v) is 6.02. The van der Waals surface area contributed by atoms with Crippen LogP contribution >= 0.6 is 11.6 Å². The Morgan fingerprint density at radius 1 is 1.03 bits per heavy atom. The number of hydrogen-bond acceptors (Lipinski definition) is 4. The number of amides is 4. The van der Waals surface area contributed by atoms with Crippen LogP contribution in [0.1, 0.15) is 28.1 Å². The van der Waals surface area contributed by atoms with Crippen LogP contribution in [0.5, 0.6) is 0 Å². The number of aryl methyl sites for hydroxylation is 1. The minimum atomic E-state index is -0.824. The smallest absolute Gasteiger partial charge is 0.318 e. The highest BCUT2D eigenvalue weighted by Crippen LogP contribution is 2.30. The molecule has 4 rings (SSSR count). The lowest BCUT2D eigenvalue weighted by Gasteiger charge is -2.27. The first-order valence-electron chi connectivity index (χ1n) is 10.1. The predicted molar refractivity (Wildman–Crippen MR) is 125 cm³/mol. The van der Waals surface area contributed by atoms with Crippen LogP contribution in [0, 0.1) is 32.1 Å². The number of anilines is 1. The molecule has 4 amide bonds.